The van der Waals surface area contributed by atoms with Crippen molar-refractivity contribution in [3.8, 4) is 0 Å². The largest absolute Gasteiger partial charge is 0.339 e. The molecule has 0 spiro atoms. The Labute approximate surface area is 146 Å². The zero-order valence-corrected chi connectivity index (χ0v) is 14.6. The number of anilines is 1. The molecule has 2 N–H and O–H groups in total. The van der Waals surface area contributed by atoms with Crippen molar-refractivity contribution in [1.82, 2.24) is 20.3 Å². The Balaban J connectivity index is 1.35. The minimum Gasteiger partial charge on any atom is -0.339 e. The number of halogens is 1. The molecule has 5 nitrogen and oxygen atoms in total. The summed E-state index contributed by atoms with van der Waals surface area (Å²) in [6, 6.07) is 10.9. The molecule has 1 fully saturated rings. The molecule has 3 aromatic rings. The van der Waals surface area contributed by atoms with Crippen molar-refractivity contribution in [1.29, 1.82) is 0 Å². The molecular weight excluding hydrogens is 322 g/mol. The summed E-state index contributed by atoms with van der Waals surface area (Å²) >= 11 is 5.91. The number of aryl methyl sites for hydroxylation is 2. The van der Waals surface area contributed by atoms with Crippen molar-refractivity contribution in [3.63, 3.8) is 0 Å². The average Bonchev–Trinajstić information content (AvgIpc) is 2.87. The lowest BCUT2D eigenvalue weighted by Crippen LogP contribution is -2.58. The van der Waals surface area contributed by atoms with Crippen LogP contribution in [0.5, 0.6) is 0 Å². The monoisotopic (exact) mass is 341 g/mol. The van der Waals surface area contributed by atoms with Crippen LogP contribution in [-0.4, -0.2) is 34.1 Å². The number of pyridine rings is 1. The van der Waals surface area contributed by atoms with Gasteiger partial charge in [-0.3, -0.25) is 0 Å². The summed E-state index contributed by atoms with van der Waals surface area (Å²) in [5, 5.41) is 4.08. The van der Waals surface area contributed by atoms with Crippen LogP contribution >= 0.6 is 11.6 Å². The average molecular weight is 342 g/mol. The first-order chi connectivity index (χ1) is 11.6. The van der Waals surface area contributed by atoms with Gasteiger partial charge in [-0.2, -0.15) is 4.98 Å². The van der Waals surface area contributed by atoms with Gasteiger partial charge in [0, 0.05) is 25.7 Å². The van der Waals surface area contributed by atoms with Crippen LogP contribution in [0.2, 0.25) is 5.15 Å². The Morgan fingerprint density at radius 2 is 1.92 bits per heavy atom. The molecule has 1 aliphatic rings. The van der Waals surface area contributed by atoms with Gasteiger partial charge in [-0.15, -0.1) is 0 Å². The van der Waals surface area contributed by atoms with E-state index in [0.717, 1.165) is 31.1 Å². The van der Waals surface area contributed by atoms with E-state index in [1.165, 1.54) is 16.7 Å². The predicted octanol–water partition coefficient (Wildman–Crippen LogP) is 3.21. The second kappa shape index (κ2) is 6.07. The molecule has 2 aromatic heterocycles. The van der Waals surface area contributed by atoms with Gasteiger partial charge in [-0.25, -0.2) is 4.98 Å². The highest BCUT2D eigenvalue weighted by molar-refractivity contribution is 6.29. The lowest BCUT2D eigenvalue weighted by molar-refractivity contribution is 0.414. The van der Waals surface area contributed by atoms with Crippen molar-refractivity contribution >= 4 is 28.7 Å². The first-order valence-electron chi connectivity index (χ1n) is 8.14. The van der Waals surface area contributed by atoms with Crippen molar-refractivity contribution < 1.29 is 0 Å². The fourth-order valence-electron chi connectivity index (χ4n) is 3.22. The van der Waals surface area contributed by atoms with Gasteiger partial charge >= 0.3 is 0 Å². The molecule has 1 aromatic carbocycles. The number of nitrogens with one attached hydrogen (secondary N) is 2. The summed E-state index contributed by atoms with van der Waals surface area (Å²) in [5.41, 5.74) is 5.56. The SMILES string of the molecule is Cc1cc(C)cc(CNC2CN(c3nc4nc(Cl)ccc4[nH]3)C2)c1. The fourth-order valence-corrected chi connectivity index (χ4v) is 3.36. The number of benzene rings is 1. The number of rotatable bonds is 4. The third-order valence-corrected chi connectivity index (χ3v) is 4.57. The van der Waals surface area contributed by atoms with Crippen LogP contribution in [0, 0.1) is 13.8 Å². The van der Waals surface area contributed by atoms with Gasteiger partial charge in [0.05, 0.1) is 5.52 Å². The van der Waals surface area contributed by atoms with Gasteiger partial charge in [0.25, 0.3) is 0 Å². The number of hydrogen-bond acceptors (Lipinski definition) is 4. The minimum absolute atomic E-state index is 0.470. The summed E-state index contributed by atoms with van der Waals surface area (Å²) in [6.07, 6.45) is 0. The number of aromatic nitrogens is 3. The van der Waals surface area contributed by atoms with Crippen molar-refractivity contribution in [3.05, 3.63) is 52.2 Å². The summed E-state index contributed by atoms with van der Waals surface area (Å²) < 4.78 is 0. The van der Waals surface area contributed by atoms with E-state index in [9.17, 15) is 0 Å². The van der Waals surface area contributed by atoms with E-state index >= 15 is 0 Å². The van der Waals surface area contributed by atoms with Gasteiger partial charge in [-0.05, 0) is 31.5 Å². The molecule has 0 atom stereocenters. The topological polar surface area (TPSA) is 56.8 Å². The van der Waals surface area contributed by atoms with Gasteiger partial charge < -0.3 is 15.2 Å². The molecule has 3 heterocycles. The lowest BCUT2D eigenvalue weighted by Gasteiger charge is -2.39. The van der Waals surface area contributed by atoms with E-state index in [0.29, 0.717) is 16.8 Å². The predicted molar refractivity (Wildman–Crippen MR) is 97.7 cm³/mol. The van der Waals surface area contributed by atoms with Crippen molar-refractivity contribution in [2.45, 2.75) is 26.4 Å². The van der Waals surface area contributed by atoms with Crippen LogP contribution < -0.4 is 10.2 Å². The van der Waals surface area contributed by atoms with E-state index in [1.807, 2.05) is 6.07 Å². The summed E-state index contributed by atoms with van der Waals surface area (Å²) in [6.45, 7) is 7.07. The van der Waals surface area contributed by atoms with Crippen molar-refractivity contribution in [2.75, 3.05) is 18.0 Å². The molecule has 1 saturated heterocycles. The highest BCUT2D eigenvalue weighted by Gasteiger charge is 2.28. The zero-order chi connectivity index (χ0) is 16.7. The second-order valence-corrected chi connectivity index (χ2v) is 6.93. The van der Waals surface area contributed by atoms with Gasteiger partial charge in [0.1, 0.15) is 5.15 Å². The molecule has 4 rings (SSSR count). The van der Waals surface area contributed by atoms with Crippen LogP contribution in [0.3, 0.4) is 0 Å². The molecule has 0 radical (unpaired) electrons. The summed E-state index contributed by atoms with van der Waals surface area (Å²) in [4.78, 5) is 14.3. The Kier molecular flexibility index (Phi) is 3.90. The molecule has 0 bridgehead atoms. The number of hydrogen-bond donors (Lipinski definition) is 2. The maximum atomic E-state index is 5.91. The Morgan fingerprint density at radius 1 is 1.17 bits per heavy atom. The summed E-state index contributed by atoms with van der Waals surface area (Å²) in [7, 11) is 0. The van der Waals surface area contributed by atoms with Crippen LogP contribution in [0.25, 0.3) is 11.2 Å². The molecule has 0 unspecified atom stereocenters. The maximum Gasteiger partial charge on any atom is 0.205 e. The molecule has 0 amide bonds. The van der Waals surface area contributed by atoms with Crippen LogP contribution in [0.1, 0.15) is 16.7 Å². The van der Waals surface area contributed by atoms with Gasteiger partial charge in [-0.1, -0.05) is 40.9 Å². The number of imidazole rings is 1. The highest BCUT2D eigenvalue weighted by atomic mass is 35.5. The van der Waals surface area contributed by atoms with E-state index < -0.39 is 0 Å². The van der Waals surface area contributed by atoms with Gasteiger partial charge in [0.2, 0.25) is 5.95 Å². The third-order valence-electron chi connectivity index (χ3n) is 4.36. The van der Waals surface area contributed by atoms with Crippen LogP contribution in [0.15, 0.2) is 30.3 Å². The maximum absolute atomic E-state index is 5.91. The number of H-pyrrole nitrogens is 1. The first kappa shape index (κ1) is 15.4. The smallest absolute Gasteiger partial charge is 0.205 e. The molecular formula is C18H20ClN5. The number of fused-ring (bicyclic) bond motifs is 1. The molecule has 24 heavy (non-hydrogen) atoms. The quantitative estimate of drug-likeness (QED) is 0.715. The molecule has 0 aliphatic carbocycles. The van der Waals surface area contributed by atoms with Crippen LogP contribution in [-0.2, 0) is 6.54 Å². The molecule has 124 valence electrons. The Hall–Kier alpha value is -2.11. The Morgan fingerprint density at radius 3 is 2.67 bits per heavy atom. The lowest BCUT2D eigenvalue weighted by atomic mass is 10.1. The normalized spacial score (nSPS) is 15.0. The van der Waals surface area contributed by atoms with E-state index in [4.69, 9.17) is 11.6 Å². The van der Waals surface area contributed by atoms with Gasteiger partial charge in [0.15, 0.2) is 5.65 Å². The van der Waals surface area contributed by atoms with Crippen molar-refractivity contribution in [2.24, 2.45) is 0 Å². The fraction of sp³-hybridized carbons (Fsp3) is 0.333. The summed E-state index contributed by atoms with van der Waals surface area (Å²) in [5.74, 6) is 0.865. The number of nitrogens with zero attached hydrogens (tertiary/aromatic N) is 3. The molecule has 1 aliphatic heterocycles. The van der Waals surface area contributed by atoms with E-state index in [2.05, 4.69) is 57.2 Å². The second-order valence-electron chi connectivity index (χ2n) is 6.54. The Bertz CT molecular complexity index is 862. The standard InChI is InChI=1S/C18H20ClN5/c1-11-5-12(2)7-13(6-11)8-20-14-9-24(10-14)18-21-15-3-4-16(19)22-17(15)23-18/h3-7,14,20H,8-10H2,1-2H3,(H,21,22,23). The minimum atomic E-state index is 0.470. The van der Waals surface area contributed by atoms with Crippen LogP contribution in [0.4, 0.5) is 5.95 Å². The third kappa shape index (κ3) is 3.09. The molecule has 0 saturated carbocycles. The zero-order valence-electron chi connectivity index (χ0n) is 13.8. The highest BCUT2D eigenvalue weighted by Crippen LogP contribution is 2.22. The molecule has 6 heteroatoms. The number of aromatic amines is 1. The first-order valence-corrected chi connectivity index (χ1v) is 8.52. The van der Waals surface area contributed by atoms with E-state index in [1.54, 1.807) is 6.07 Å². The van der Waals surface area contributed by atoms with E-state index in [-0.39, 0.29) is 0 Å².